The molecule has 0 N–H and O–H groups in total. The number of ketones is 1. The third-order valence-electron chi connectivity index (χ3n) is 2.04. The number of aldehydes is 1. The molecule has 0 aromatic rings. The van der Waals surface area contributed by atoms with Crippen LogP contribution in [0.25, 0.3) is 0 Å². The molecule has 0 aliphatic carbocycles. The van der Waals surface area contributed by atoms with Gasteiger partial charge in [-0.3, -0.25) is 4.79 Å². The lowest BCUT2D eigenvalue weighted by molar-refractivity contribution is -0.127. The molecule has 0 saturated carbocycles. The van der Waals surface area contributed by atoms with Crippen LogP contribution in [0.15, 0.2) is 0 Å². The fraction of sp³-hybridized carbons (Fsp3) is 0.800. The molecule has 1 unspecified atom stereocenters. The van der Waals surface area contributed by atoms with Crippen molar-refractivity contribution in [3.8, 4) is 0 Å². The van der Waals surface area contributed by atoms with E-state index in [9.17, 15) is 9.59 Å². The van der Waals surface area contributed by atoms with Crippen molar-refractivity contribution in [3.05, 3.63) is 0 Å². The highest BCUT2D eigenvalue weighted by Crippen LogP contribution is 2.07. The van der Waals surface area contributed by atoms with Gasteiger partial charge in [0, 0.05) is 6.42 Å². The Labute approximate surface area is 74.3 Å². The molecular formula is C10H18O2. The highest BCUT2D eigenvalue weighted by Gasteiger charge is 2.13. The Morgan fingerprint density at radius 1 is 1.33 bits per heavy atom. The van der Waals surface area contributed by atoms with Crippen molar-refractivity contribution in [2.24, 2.45) is 5.92 Å². The Hall–Kier alpha value is -0.660. The van der Waals surface area contributed by atoms with Gasteiger partial charge in [0.15, 0.2) is 0 Å². The summed E-state index contributed by atoms with van der Waals surface area (Å²) in [7, 11) is 0. The largest absolute Gasteiger partial charge is 0.303 e. The maximum absolute atomic E-state index is 11.2. The molecule has 0 spiro atoms. The Kier molecular flexibility index (Phi) is 6.63. The van der Waals surface area contributed by atoms with Crippen LogP contribution in [0.3, 0.4) is 0 Å². The lowest BCUT2D eigenvalue weighted by atomic mass is 9.98. The topological polar surface area (TPSA) is 34.1 Å². The summed E-state index contributed by atoms with van der Waals surface area (Å²) in [5.41, 5.74) is 0. The number of hydrogen-bond acceptors (Lipinski definition) is 2. The van der Waals surface area contributed by atoms with Crippen LogP contribution in [0.1, 0.15) is 46.0 Å². The smallest absolute Gasteiger partial charge is 0.143 e. The number of carbonyl (C=O) groups is 2. The third-order valence-corrected chi connectivity index (χ3v) is 2.04. The summed E-state index contributed by atoms with van der Waals surface area (Å²) in [6.45, 7) is 3.97. The standard InChI is InChI=1S/C10H18O2/c1-3-5-6-7-10(12)9(4-2)8-11/h8-9H,3-7H2,1-2H3. The van der Waals surface area contributed by atoms with E-state index in [0.717, 1.165) is 25.5 Å². The summed E-state index contributed by atoms with van der Waals surface area (Å²) in [4.78, 5) is 21.6. The van der Waals surface area contributed by atoms with Gasteiger partial charge in [-0.15, -0.1) is 0 Å². The zero-order valence-corrected chi connectivity index (χ0v) is 8.01. The van der Waals surface area contributed by atoms with Crippen molar-refractivity contribution in [2.45, 2.75) is 46.0 Å². The molecule has 0 aliphatic heterocycles. The lowest BCUT2D eigenvalue weighted by Crippen LogP contribution is -2.14. The number of rotatable bonds is 7. The summed E-state index contributed by atoms with van der Waals surface area (Å²) in [5.74, 6) is -0.234. The monoisotopic (exact) mass is 170 g/mol. The molecule has 0 fully saturated rings. The number of Topliss-reactive ketones (excluding diaryl/α,β-unsaturated/α-hetero) is 1. The van der Waals surface area contributed by atoms with Crippen molar-refractivity contribution in [3.63, 3.8) is 0 Å². The molecule has 0 heterocycles. The Morgan fingerprint density at radius 2 is 2.00 bits per heavy atom. The number of unbranched alkanes of at least 4 members (excludes halogenated alkanes) is 2. The molecule has 0 saturated heterocycles. The molecule has 70 valence electrons. The molecule has 0 aromatic carbocycles. The fourth-order valence-electron chi connectivity index (χ4n) is 1.13. The van der Waals surface area contributed by atoms with Crippen LogP contribution in [-0.2, 0) is 9.59 Å². The second-order valence-electron chi connectivity index (χ2n) is 3.07. The zero-order chi connectivity index (χ0) is 9.40. The molecule has 0 aromatic heterocycles. The van der Waals surface area contributed by atoms with Crippen molar-refractivity contribution >= 4 is 12.1 Å². The normalized spacial score (nSPS) is 12.5. The van der Waals surface area contributed by atoms with Gasteiger partial charge in [-0.2, -0.15) is 0 Å². The SMILES string of the molecule is CCCCCC(=O)C(C=O)CC. The van der Waals surface area contributed by atoms with Gasteiger partial charge in [0.1, 0.15) is 12.1 Å². The van der Waals surface area contributed by atoms with Crippen LogP contribution in [0, 0.1) is 5.92 Å². The number of carbonyl (C=O) groups excluding carboxylic acids is 2. The summed E-state index contributed by atoms with van der Waals surface area (Å²) < 4.78 is 0. The summed E-state index contributed by atoms with van der Waals surface area (Å²) in [6, 6.07) is 0. The van der Waals surface area contributed by atoms with Crippen LogP contribution >= 0.6 is 0 Å². The van der Waals surface area contributed by atoms with E-state index in [-0.39, 0.29) is 11.7 Å². The van der Waals surface area contributed by atoms with Gasteiger partial charge < -0.3 is 4.79 Å². The van der Waals surface area contributed by atoms with Gasteiger partial charge in [-0.25, -0.2) is 0 Å². The average molecular weight is 170 g/mol. The Bertz CT molecular complexity index is 141. The summed E-state index contributed by atoms with van der Waals surface area (Å²) in [5, 5.41) is 0. The Morgan fingerprint density at radius 3 is 2.42 bits per heavy atom. The van der Waals surface area contributed by atoms with Crippen molar-refractivity contribution in [1.29, 1.82) is 0 Å². The first-order valence-corrected chi connectivity index (χ1v) is 4.74. The van der Waals surface area contributed by atoms with Crippen molar-refractivity contribution in [2.75, 3.05) is 0 Å². The van der Waals surface area contributed by atoms with E-state index in [1.807, 2.05) is 6.92 Å². The second kappa shape index (κ2) is 7.01. The molecule has 2 nitrogen and oxygen atoms in total. The first-order chi connectivity index (χ1) is 5.76. The van der Waals surface area contributed by atoms with Crippen molar-refractivity contribution < 1.29 is 9.59 Å². The maximum atomic E-state index is 11.2. The van der Waals surface area contributed by atoms with Crippen LogP contribution in [0.5, 0.6) is 0 Å². The molecule has 0 bridgehead atoms. The van der Waals surface area contributed by atoms with Gasteiger partial charge in [0.05, 0.1) is 5.92 Å². The first-order valence-electron chi connectivity index (χ1n) is 4.74. The van der Waals surface area contributed by atoms with E-state index in [1.165, 1.54) is 0 Å². The van der Waals surface area contributed by atoms with Gasteiger partial charge in [-0.1, -0.05) is 26.7 Å². The predicted octanol–water partition coefficient (Wildman–Crippen LogP) is 2.36. The molecule has 0 rings (SSSR count). The molecule has 2 heteroatoms. The first kappa shape index (κ1) is 11.3. The van der Waals surface area contributed by atoms with E-state index in [2.05, 4.69) is 6.92 Å². The molecule has 12 heavy (non-hydrogen) atoms. The van der Waals surface area contributed by atoms with E-state index in [1.54, 1.807) is 0 Å². The van der Waals surface area contributed by atoms with E-state index in [4.69, 9.17) is 0 Å². The third kappa shape index (κ3) is 4.27. The van der Waals surface area contributed by atoms with Crippen LogP contribution in [0.4, 0.5) is 0 Å². The average Bonchev–Trinajstić information content (AvgIpc) is 2.07. The predicted molar refractivity (Wildman–Crippen MR) is 49.0 cm³/mol. The zero-order valence-electron chi connectivity index (χ0n) is 8.01. The highest BCUT2D eigenvalue weighted by atomic mass is 16.1. The van der Waals surface area contributed by atoms with Gasteiger partial charge in [0.25, 0.3) is 0 Å². The van der Waals surface area contributed by atoms with Crippen LogP contribution in [0.2, 0.25) is 0 Å². The van der Waals surface area contributed by atoms with E-state index >= 15 is 0 Å². The molecule has 0 amide bonds. The van der Waals surface area contributed by atoms with Gasteiger partial charge in [0.2, 0.25) is 0 Å². The fourth-order valence-corrected chi connectivity index (χ4v) is 1.13. The minimum Gasteiger partial charge on any atom is -0.303 e. The molecule has 0 radical (unpaired) electrons. The van der Waals surface area contributed by atoms with Crippen LogP contribution in [-0.4, -0.2) is 12.1 Å². The summed E-state index contributed by atoms with van der Waals surface area (Å²) in [6.07, 6.45) is 5.12. The van der Waals surface area contributed by atoms with Crippen LogP contribution < -0.4 is 0 Å². The lowest BCUT2D eigenvalue weighted by Gasteiger charge is -2.04. The maximum Gasteiger partial charge on any atom is 0.143 e. The second-order valence-corrected chi connectivity index (χ2v) is 3.07. The minimum absolute atomic E-state index is 0.112. The van der Waals surface area contributed by atoms with E-state index in [0.29, 0.717) is 12.8 Å². The van der Waals surface area contributed by atoms with Crippen molar-refractivity contribution in [1.82, 2.24) is 0 Å². The van der Waals surface area contributed by atoms with E-state index < -0.39 is 0 Å². The number of hydrogen-bond donors (Lipinski definition) is 0. The van der Waals surface area contributed by atoms with Gasteiger partial charge >= 0.3 is 0 Å². The summed E-state index contributed by atoms with van der Waals surface area (Å²) >= 11 is 0. The molecule has 1 atom stereocenters. The minimum atomic E-state index is -0.346. The Balaban J connectivity index is 3.62. The van der Waals surface area contributed by atoms with Gasteiger partial charge in [-0.05, 0) is 12.8 Å². The molecular weight excluding hydrogens is 152 g/mol. The highest BCUT2D eigenvalue weighted by molar-refractivity contribution is 5.93. The quantitative estimate of drug-likeness (QED) is 0.334. The molecule has 0 aliphatic rings.